The minimum atomic E-state index is -0.793. The molecule has 0 aromatic heterocycles. The second-order valence-electron chi connectivity index (χ2n) is 5.59. The third-order valence-corrected chi connectivity index (χ3v) is 3.99. The van der Waals surface area contributed by atoms with Gasteiger partial charge in [0.25, 0.3) is 0 Å². The lowest BCUT2D eigenvalue weighted by atomic mass is 9.91. The highest BCUT2D eigenvalue weighted by molar-refractivity contribution is 5.76. The molecule has 0 saturated heterocycles. The molecule has 0 bridgehead atoms. The molecule has 2 aromatic carbocycles. The maximum atomic E-state index is 11.6. The number of benzene rings is 2. The summed E-state index contributed by atoms with van der Waals surface area (Å²) in [7, 11) is 0. The standard InChI is InChI=1S/C18H18O3/c1-12-6-8-13(9-7-12)16(18(19)20)11-15-10-14-4-2-3-5-17(14)21-15/h2-9,15-16H,10-11H2,1H3,(H,19,20). The number of rotatable bonds is 4. The Labute approximate surface area is 124 Å². The number of carboxylic acids is 1. The first kappa shape index (κ1) is 13.7. The Hall–Kier alpha value is -2.29. The summed E-state index contributed by atoms with van der Waals surface area (Å²) >= 11 is 0. The number of ether oxygens (including phenoxy) is 1. The van der Waals surface area contributed by atoms with Gasteiger partial charge in [0.05, 0.1) is 5.92 Å². The molecule has 2 unspecified atom stereocenters. The Bertz CT molecular complexity index is 621. The Kier molecular flexibility index (Phi) is 3.65. The number of hydrogen-bond acceptors (Lipinski definition) is 2. The molecule has 3 heteroatoms. The van der Waals surface area contributed by atoms with Gasteiger partial charge in [0.1, 0.15) is 11.9 Å². The molecule has 0 saturated carbocycles. The van der Waals surface area contributed by atoms with Crippen molar-refractivity contribution in [3.05, 3.63) is 65.2 Å². The summed E-state index contributed by atoms with van der Waals surface area (Å²) in [5.41, 5.74) is 3.13. The van der Waals surface area contributed by atoms with E-state index in [1.54, 1.807) is 0 Å². The highest BCUT2D eigenvalue weighted by Gasteiger charge is 2.29. The molecule has 0 aliphatic carbocycles. The molecule has 0 spiro atoms. The SMILES string of the molecule is Cc1ccc(C(CC2Cc3ccccc3O2)C(=O)O)cc1. The third-order valence-electron chi connectivity index (χ3n) is 3.99. The molecule has 21 heavy (non-hydrogen) atoms. The van der Waals surface area contributed by atoms with E-state index in [-0.39, 0.29) is 6.10 Å². The fraction of sp³-hybridized carbons (Fsp3) is 0.278. The van der Waals surface area contributed by atoms with Crippen LogP contribution in [0.2, 0.25) is 0 Å². The zero-order valence-electron chi connectivity index (χ0n) is 12.0. The minimum Gasteiger partial charge on any atom is -0.490 e. The summed E-state index contributed by atoms with van der Waals surface area (Å²) < 4.78 is 5.87. The van der Waals surface area contributed by atoms with Crippen molar-refractivity contribution in [2.24, 2.45) is 0 Å². The van der Waals surface area contributed by atoms with E-state index in [0.29, 0.717) is 6.42 Å². The van der Waals surface area contributed by atoms with Crippen molar-refractivity contribution in [2.75, 3.05) is 0 Å². The topological polar surface area (TPSA) is 46.5 Å². The quantitative estimate of drug-likeness (QED) is 0.932. The van der Waals surface area contributed by atoms with Crippen molar-refractivity contribution >= 4 is 5.97 Å². The Morgan fingerprint density at radius 2 is 1.95 bits per heavy atom. The summed E-state index contributed by atoms with van der Waals surface area (Å²) in [5.74, 6) is -0.432. The monoisotopic (exact) mass is 282 g/mol. The van der Waals surface area contributed by atoms with Crippen molar-refractivity contribution in [1.82, 2.24) is 0 Å². The molecule has 1 aliphatic heterocycles. The second kappa shape index (κ2) is 5.60. The van der Waals surface area contributed by atoms with Gasteiger partial charge in [-0.2, -0.15) is 0 Å². The lowest BCUT2D eigenvalue weighted by molar-refractivity contribution is -0.139. The van der Waals surface area contributed by atoms with Crippen LogP contribution in [0.15, 0.2) is 48.5 Å². The smallest absolute Gasteiger partial charge is 0.311 e. The van der Waals surface area contributed by atoms with Crippen LogP contribution >= 0.6 is 0 Å². The van der Waals surface area contributed by atoms with E-state index in [2.05, 4.69) is 0 Å². The number of fused-ring (bicyclic) bond motifs is 1. The van der Waals surface area contributed by atoms with Crippen LogP contribution in [0.3, 0.4) is 0 Å². The van der Waals surface area contributed by atoms with Crippen LogP contribution in [-0.2, 0) is 11.2 Å². The van der Waals surface area contributed by atoms with Crippen LogP contribution in [0.5, 0.6) is 5.75 Å². The molecule has 108 valence electrons. The summed E-state index contributed by atoms with van der Waals surface area (Å²) in [4.78, 5) is 11.6. The fourth-order valence-corrected chi connectivity index (χ4v) is 2.83. The van der Waals surface area contributed by atoms with Gasteiger partial charge in [0.15, 0.2) is 0 Å². The Morgan fingerprint density at radius 1 is 1.24 bits per heavy atom. The number of carboxylic acid groups (broad SMARTS) is 1. The largest absolute Gasteiger partial charge is 0.490 e. The van der Waals surface area contributed by atoms with Crippen LogP contribution in [0.25, 0.3) is 0 Å². The maximum Gasteiger partial charge on any atom is 0.311 e. The van der Waals surface area contributed by atoms with Gasteiger partial charge < -0.3 is 9.84 Å². The zero-order chi connectivity index (χ0) is 14.8. The normalized spacial score (nSPS) is 17.9. The predicted molar refractivity (Wildman–Crippen MR) is 80.7 cm³/mol. The van der Waals surface area contributed by atoms with Gasteiger partial charge in [-0.1, -0.05) is 48.0 Å². The van der Waals surface area contributed by atoms with Gasteiger partial charge >= 0.3 is 5.97 Å². The number of carbonyl (C=O) groups is 1. The molecule has 0 radical (unpaired) electrons. The second-order valence-corrected chi connectivity index (χ2v) is 5.59. The van der Waals surface area contributed by atoms with Gasteiger partial charge in [-0.05, 0) is 24.1 Å². The van der Waals surface area contributed by atoms with Gasteiger partial charge in [-0.25, -0.2) is 0 Å². The number of aliphatic carboxylic acids is 1. The van der Waals surface area contributed by atoms with Gasteiger partial charge in [-0.3, -0.25) is 4.79 Å². The van der Waals surface area contributed by atoms with Crippen molar-refractivity contribution in [1.29, 1.82) is 0 Å². The maximum absolute atomic E-state index is 11.6. The molecule has 0 fully saturated rings. The molecule has 3 rings (SSSR count). The number of para-hydroxylation sites is 1. The van der Waals surface area contributed by atoms with Crippen LogP contribution in [0.4, 0.5) is 0 Å². The van der Waals surface area contributed by atoms with Crippen molar-refractivity contribution in [3.63, 3.8) is 0 Å². The number of hydrogen-bond donors (Lipinski definition) is 1. The fourth-order valence-electron chi connectivity index (χ4n) is 2.83. The molecule has 1 N–H and O–H groups in total. The van der Waals surface area contributed by atoms with E-state index < -0.39 is 11.9 Å². The average molecular weight is 282 g/mol. The van der Waals surface area contributed by atoms with Crippen molar-refractivity contribution < 1.29 is 14.6 Å². The third kappa shape index (κ3) is 2.92. The van der Waals surface area contributed by atoms with Crippen LogP contribution in [-0.4, -0.2) is 17.2 Å². The van der Waals surface area contributed by atoms with Crippen LogP contribution < -0.4 is 4.74 Å². The molecular weight excluding hydrogens is 264 g/mol. The van der Waals surface area contributed by atoms with E-state index in [4.69, 9.17) is 4.74 Å². The molecular formula is C18H18O3. The molecule has 0 amide bonds. The molecule has 2 aromatic rings. The highest BCUT2D eigenvalue weighted by atomic mass is 16.5. The van der Waals surface area contributed by atoms with Crippen LogP contribution in [0, 0.1) is 6.92 Å². The Balaban J connectivity index is 1.75. The molecule has 1 heterocycles. The molecule has 1 aliphatic rings. The molecule has 2 atom stereocenters. The van der Waals surface area contributed by atoms with E-state index in [9.17, 15) is 9.90 Å². The summed E-state index contributed by atoms with van der Waals surface area (Å²) in [6, 6.07) is 15.6. The summed E-state index contributed by atoms with van der Waals surface area (Å²) in [6.45, 7) is 2.00. The first-order valence-electron chi connectivity index (χ1n) is 7.17. The Morgan fingerprint density at radius 3 is 2.62 bits per heavy atom. The van der Waals surface area contributed by atoms with Gasteiger partial charge in [0.2, 0.25) is 0 Å². The van der Waals surface area contributed by atoms with Crippen LogP contribution in [0.1, 0.15) is 29.0 Å². The van der Waals surface area contributed by atoms with Gasteiger partial charge in [0, 0.05) is 12.8 Å². The first-order valence-corrected chi connectivity index (χ1v) is 7.17. The summed E-state index contributed by atoms with van der Waals surface area (Å²) in [6.07, 6.45) is 1.21. The predicted octanol–water partition coefficient (Wildman–Crippen LogP) is 3.56. The first-order chi connectivity index (χ1) is 10.1. The summed E-state index contributed by atoms with van der Waals surface area (Å²) in [5, 5.41) is 9.52. The lowest BCUT2D eigenvalue weighted by Crippen LogP contribution is -2.22. The minimum absolute atomic E-state index is 0.0650. The van der Waals surface area contributed by atoms with E-state index >= 15 is 0 Å². The van der Waals surface area contributed by atoms with Crippen molar-refractivity contribution in [3.8, 4) is 5.75 Å². The number of aryl methyl sites for hydroxylation is 1. The van der Waals surface area contributed by atoms with E-state index in [0.717, 1.165) is 28.9 Å². The lowest BCUT2D eigenvalue weighted by Gasteiger charge is -2.17. The van der Waals surface area contributed by atoms with Crippen molar-refractivity contribution in [2.45, 2.75) is 31.8 Å². The zero-order valence-corrected chi connectivity index (χ0v) is 12.0. The van der Waals surface area contributed by atoms with Gasteiger partial charge in [-0.15, -0.1) is 0 Å². The average Bonchev–Trinajstić information content (AvgIpc) is 2.88. The van der Waals surface area contributed by atoms with E-state index in [1.807, 2.05) is 55.5 Å². The molecule has 3 nitrogen and oxygen atoms in total. The van der Waals surface area contributed by atoms with E-state index in [1.165, 1.54) is 0 Å². The highest BCUT2D eigenvalue weighted by Crippen LogP contribution is 2.33.